The lowest BCUT2D eigenvalue weighted by Gasteiger charge is -2.42. The number of amides is 1. The van der Waals surface area contributed by atoms with Crippen molar-refractivity contribution in [3.8, 4) is 17.2 Å². The molecule has 9 nitrogen and oxygen atoms in total. The second kappa shape index (κ2) is 15.8. The van der Waals surface area contributed by atoms with Gasteiger partial charge in [0.1, 0.15) is 0 Å². The molecule has 3 aliphatic heterocycles. The highest BCUT2D eigenvalue weighted by Gasteiger charge is 2.47. The molecule has 6 rings (SSSR count). The maximum absolute atomic E-state index is 14.1. The third kappa shape index (κ3) is 7.80. The first-order valence-corrected chi connectivity index (χ1v) is 19.4. The maximum Gasteiger partial charge on any atom is 0.254 e. The van der Waals surface area contributed by atoms with Crippen LogP contribution in [0, 0.1) is 5.92 Å². The third-order valence-electron chi connectivity index (χ3n) is 10.7. The van der Waals surface area contributed by atoms with E-state index in [0.717, 1.165) is 68.6 Å². The van der Waals surface area contributed by atoms with Crippen molar-refractivity contribution < 1.29 is 27.4 Å². The van der Waals surface area contributed by atoms with Gasteiger partial charge in [0.2, 0.25) is 15.8 Å². The summed E-state index contributed by atoms with van der Waals surface area (Å²) in [6.07, 6.45) is 6.62. The van der Waals surface area contributed by atoms with Crippen LogP contribution in [0.2, 0.25) is 10.0 Å². The quantitative estimate of drug-likeness (QED) is 0.218. The number of halogens is 3. The van der Waals surface area contributed by atoms with E-state index in [4.69, 9.17) is 37.4 Å². The van der Waals surface area contributed by atoms with Crippen LogP contribution in [-0.2, 0) is 21.9 Å². The highest BCUT2D eigenvalue weighted by Crippen LogP contribution is 2.48. The number of piperidine rings is 2. The fraction of sp³-hybridized carbons (Fsp3) is 0.486. The fourth-order valence-electron chi connectivity index (χ4n) is 8.04. The number of hydrogen-bond acceptors (Lipinski definition) is 7. The number of carbonyl (C=O) groups excluding carboxylic acids is 1. The van der Waals surface area contributed by atoms with Crippen molar-refractivity contribution in [2.45, 2.75) is 50.0 Å². The number of anilines is 1. The van der Waals surface area contributed by atoms with E-state index in [9.17, 15) is 13.2 Å². The molecule has 0 saturated carbocycles. The molecule has 1 amide bonds. The largest absolute Gasteiger partial charge is 0.493 e. The number of rotatable bonds is 10. The molecule has 272 valence electrons. The minimum Gasteiger partial charge on any atom is -0.493 e. The van der Waals surface area contributed by atoms with Crippen LogP contribution in [0.15, 0.2) is 54.6 Å². The Kier molecular flexibility index (Phi) is 12.1. The molecule has 3 aromatic carbocycles. The summed E-state index contributed by atoms with van der Waals surface area (Å²) in [5, 5.41) is 1.01. The predicted octanol–water partition coefficient (Wildman–Crippen LogP) is 7.11. The first kappa shape index (κ1) is 38.3. The number of ether oxygens (including phenoxy) is 3. The van der Waals surface area contributed by atoms with Gasteiger partial charge in [-0.25, -0.2) is 8.42 Å². The van der Waals surface area contributed by atoms with E-state index in [1.165, 1.54) is 6.26 Å². The van der Waals surface area contributed by atoms with E-state index in [1.54, 1.807) is 37.8 Å². The highest BCUT2D eigenvalue weighted by molar-refractivity contribution is 7.92. The zero-order valence-corrected chi connectivity index (χ0v) is 32.1. The van der Waals surface area contributed by atoms with Crippen LogP contribution in [0.5, 0.6) is 17.2 Å². The molecule has 2 fully saturated rings. The van der Waals surface area contributed by atoms with E-state index in [-0.39, 0.29) is 29.8 Å². The Morgan fingerprint density at radius 1 is 0.920 bits per heavy atom. The molecule has 3 aromatic rings. The standard InChI is InChI=1S/C37H45Cl2N3O6S.ClH/c1-46-33-22-27(23-34(47-2)35(33)48-3)36(43)41-16-12-25(19-28(41)20-26-9-10-30(38)31(39)21-26)11-15-40-17-13-37(14-18-40)24-42(49(4,44)45)32-8-6-5-7-29(32)37;/h5-10,21-23,25,28H,11-20,24H2,1-4H3;1H. The van der Waals surface area contributed by atoms with Crippen molar-refractivity contribution >= 4 is 57.2 Å². The molecular formula is C37H46Cl3N3O6S. The summed E-state index contributed by atoms with van der Waals surface area (Å²) in [5.74, 6) is 1.69. The average molecular weight is 767 g/mol. The van der Waals surface area contributed by atoms with Crippen molar-refractivity contribution in [2.75, 3.05) is 64.6 Å². The molecule has 2 unspecified atom stereocenters. The van der Waals surface area contributed by atoms with Gasteiger partial charge in [-0.1, -0.05) is 47.5 Å². The maximum atomic E-state index is 14.1. The topological polar surface area (TPSA) is 88.6 Å². The molecule has 0 aliphatic carbocycles. The van der Waals surface area contributed by atoms with E-state index >= 15 is 0 Å². The molecule has 1 spiro atoms. The van der Waals surface area contributed by atoms with Crippen LogP contribution in [0.3, 0.4) is 0 Å². The Morgan fingerprint density at radius 3 is 2.22 bits per heavy atom. The van der Waals surface area contributed by atoms with Gasteiger partial charge in [-0.15, -0.1) is 12.4 Å². The molecule has 2 atom stereocenters. The van der Waals surface area contributed by atoms with Gasteiger partial charge in [0.15, 0.2) is 11.5 Å². The summed E-state index contributed by atoms with van der Waals surface area (Å²) < 4.78 is 43.4. The van der Waals surface area contributed by atoms with Gasteiger partial charge in [-0.3, -0.25) is 9.10 Å². The minimum atomic E-state index is -3.34. The van der Waals surface area contributed by atoms with E-state index in [1.807, 2.05) is 41.3 Å². The summed E-state index contributed by atoms with van der Waals surface area (Å²) in [5.41, 5.74) is 3.37. The predicted molar refractivity (Wildman–Crippen MR) is 202 cm³/mol. The molecule has 0 bridgehead atoms. The van der Waals surface area contributed by atoms with E-state index < -0.39 is 10.0 Å². The molecule has 0 N–H and O–H groups in total. The molecule has 13 heteroatoms. The number of methoxy groups -OCH3 is 3. The molecule has 3 aliphatic rings. The second-order valence-corrected chi connectivity index (χ2v) is 16.3. The van der Waals surface area contributed by atoms with Crippen LogP contribution in [0.1, 0.15) is 53.6 Å². The summed E-state index contributed by atoms with van der Waals surface area (Å²) in [7, 11) is 1.29. The number of sulfonamides is 1. The van der Waals surface area contributed by atoms with Gasteiger partial charge < -0.3 is 24.0 Å². The Hall–Kier alpha value is -2.89. The fourth-order valence-corrected chi connectivity index (χ4v) is 9.36. The Morgan fingerprint density at radius 2 is 1.60 bits per heavy atom. The smallest absolute Gasteiger partial charge is 0.254 e. The first-order valence-electron chi connectivity index (χ1n) is 16.8. The number of benzene rings is 3. The van der Waals surface area contributed by atoms with Crippen LogP contribution in [0.4, 0.5) is 5.69 Å². The number of nitrogens with zero attached hydrogens (tertiary/aromatic N) is 3. The molecule has 50 heavy (non-hydrogen) atoms. The lowest BCUT2D eigenvalue weighted by Crippen LogP contribution is -2.48. The molecule has 2 saturated heterocycles. The molecule has 3 heterocycles. The molecule has 0 aromatic heterocycles. The number of para-hydroxylation sites is 1. The van der Waals surface area contributed by atoms with Crippen molar-refractivity contribution in [1.29, 1.82) is 0 Å². The van der Waals surface area contributed by atoms with Crippen LogP contribution in [-0.4, -0.2) is 90.5 Å². The van der Waals surface area contributed by atoms with Crippen molar-refractivity contribution in [3.63, 3.8) is 0 Å². The second-order valence-electron chi connectivity index (χ2n) is 13.6. The zero-order chi connectivity index (χ0) is 34.9. The Labute approximate surface area is 312 Å². The van der Waals surface area contributed by atoms with E-state index in [0.29, 0.717) is 58.3 Å². The van der Waals surface area contributed by atoms with E-state index in [2.05, 4.69) is 11.0 Å². The van der Waals surface area contributed by atoms with Crippen LogP contribution < -0.4 is 18.5 Å². The summed E-state index contributed by atoms with van der Waals surface area (Å²) in [4.78, 5) is 18.7. The monoisotopic (exact) mass is 765 g/mol. The summed E-state index contributed by atoms with van der Waals surface area (Å²) in [6, 6.07) is 17.1. The third-order valence-corrected chi connectivity index (χ3v) is 12.6. The van der Waals surface area contributed by atoms with Crippen molar-refractivity contribution in [3.05, 3.63) is 81.3 Å². The Bertz CT molecular complexity index is 1780. The van der Waals surface area contributed by atoms with Gasteiger partial charge in [-0.05, 0) is 106 Å². The van der Waals surface area contributed by atoms with Crippen LogP contribution >= 0.6 is 35.6 Å². The number of fused-ring (bicyclic) bond motifs is 2. The summed E-state index contributed by atoms with van der Waals surface area (Å²) >= 11 is 12.6. The SMILES string of the molecule is COc1cc(C(=O)N2CCC(CCN3CCC4(CC3)CN(S(C)(=O)=O)c3ccccc34)CC2Cc2ccc(Cl)c(Cl)c2)cc(OC)c1OC.Cl. The van der Waals surface area contributed by atoms with Crippen molar-refractivity contribution in [1.82, 2.24) is 9.80 Å². The zero-order valence-electron chi connectivity index (χ0n) is 29.0. The Balaban J connectivity index is 0.00000486. The van der Waals surface area contributed by atoms with Gasteiger partial charge in [0.25, 0.3) is 5.91 Å². The van der Waals surface area contributed by atoms with Gasteiger partial charge >= 0.3 is 0 Å². The number of carbonyl (C=O) groups is 1. The number of hydrogen-bond donors (Lipinski definition) is 0. The molecular weight excluding hydrogens is 721 g/mol. The lowest BCUT2D eigenvalue weighted by molar-refractivity contribution is 0.0524. The lowest BCUT2D eigenvalue weighted by atomic mass is 9.74. The first-order chi connectivity index (χ1) is 23.5. The van der Waals surface area contributed by atoms with Gasteiger partial charge in [0, 0.05) is 30.1 Å². The minimum absolute atomic E-state index is 0. The normalized spacial score (nSPS) is 20.3. The van der Waals surface area contributed by atoms with Crippen molar-refractivity contribution in [2.24, 2.45) is 5.92 Å². The highest BCUT2D eigenvalue weighted by atomic mass is 35.5. The number of likely N-dealkylation sites (tertiary alicyclic amines) is 2. The molecule has 0 radical (unpaired) electrons. The van der Waals surface area contributed by atoms with Gasteiger partial charge in [0.05, 0.1) is 43.3 Å². The van der Waals surface area contributed by atoms with Crippen LogP contribution in [0.25, 0.3) is 0 Å². The summed E-state index contributed by atoms with van der Waals surface area (Å²) in [6.45, 7) is 3.98. The average Bonchev–Trinajstić information content (AvgIpc) is 3.43. The van der Waals surface area contributed by atoms with Gasteiger partial charge in [-0.2, -0.15) is 0 Å².